The maximum absolute atomic E-state index is 11.7. The first-order valence-corrected chi connectivity index (χ1v) is 5.30. The average molecular weight is 200 g/mol. The Labute approximate surface area is 85.1 Å². The summed E-state index contributed by atoms with van der Waals surface area (Å²) in [6.07, 6.45) is 1.53. The van der Waals surface area contributed by atoms with Gasteiger partial charge in [0, 0.05) is 12.6 Å². The summed E-state index contributed by atoms with van der Waals surface area (Å²) in [5.74, 6) is 0.119. The molecule has 1 aliphatic rings. The Bertz CT molecular complexity index is 195. The molecule has 0 aromatic heterocycles. The molecule has 3 N–H and O–H groups in total. The van der Waals surface area contributed by atoms with Gasteiger partial charge in [-0.3, -0.25) is 4.79 Å². The minimum atomic E-state index is -0.467. The largest absolute Gasteiger partial charge is 0.392 e. The normalized spacial score (nSPS) is 29.6. The van der Waals surface area contributed by atoms with Crippen LogP contribution in [0.1, 0.15) is 26.7 Å². The quantitative estimate of drug-likeness (QED) is 0.595. The second-order valence-electron chi connectivity index (χ2n) is 4.09. The Hall–Kier alpha value is -0.610. The van der Waals surface area contributed by atoms with Gasteiger partial charge in [-0.25, -0.2) is 0 Å². The minimum absolute atomic E-state index is 0.0579. The third kappa shape index (κ3) is 3.27. The van der Waals surface area contributed by atoms with Crippen LogP contribution in [0.15, 0.2) is 0 Å². The zero-order valence-electron chi connectivity index (χ0n) is 8.92. The molecule has 82 valence electrons. The van der Waals surface area contributed by atoms with E-state index in [9.17, 15) is 4.79 Å². The summed E-state index contributed by atoms with van der Waals surface area (Å²) in [4.78, 5) is 11.7. The molecule has 4 heteroatoms. The summed E-state index contributed by atoms with van der Waals surface area (Å²) < 4.78 is 0. The number of rotatable bonds is 3. The number of piperidine rings is 1. The Morgan fingerprint density at radius 2 is 2.43 bits per heavy atom. The van der Waals surface area contributed by atoms with E-state index >= 15 is 0 Å². The predicted octanol–water partition coefficient (Wildman–Crippen LogP) is -0.128. The van der Waals surface area contributed by atoms with E-state index in [4.69, 9.17) is 5.11 Å². The zero-order valence-corrected chi connectivity index (χ0v) is 8.92. The molecule has 3 atom stereocenters. The maximum Gasteiger partial charge on any atom is 0.224 e. The van der Waals surface area contributed by atoms with Crippen LogP contribution < -0.4 is 10.6 Å². The highest BCUT2D eigenvalue weighted by Crippen LogP contribution is 2.15. The SMILES string of the molecule is C[C@H](O)CNC(=O)[C@@H]1CCCN[C@@H]1C. The average Bonchev–Trinajstić information content (AvgIpc) is 2.15. The van der Waals surface area contributed by atoms with Gasteiger partial charge in [-0.05, 0) is 33.2 Å². The number of nitrogens with one attached hydrogen (secondary N) is 2. The molecule has 1 saturated heterocycles. The molecule has 0 spiro atoms. The van der Waals surface area contributed by atoms with Crippen LogP contribution in [0.25, 0.3) is 0 Å². The van der Waals surface area contributed by atoms with Crippen LogP contribution in [0.5, 0.6) is 0 Å². The molecule has 0 aromatic rings. The fourth-order valence-electron chi connectivity index (χ4n) is 1.78. The number of carbonyl (C=O) groups excluding carboxylic acids is 1. The predicted molar refractivity (Wildman–Crippen MR) is 54.9 cm³/mol. The standard InChI is InChI=1S/C10H20N2O2/c1-7(13)6-12-10(14)9-4-3-5-11-8(9)2/h7-9,11,13H,3-6H2,1-2H3,(H,12,14)/t7-,8+,9+/m0/s1. The monoisotopic (exact) mass is 200 g/mol. The van der Waals surface area contributed by atoms with Gasteiger partial charge in [-0.15, -0.1) is 0 Å². The number of amides is 1. The van der Waals surface area contributed by atoms with Crippen molar-refractivity contribution in [1.82, 2.24) is 10.6 Å². The van der Waals surface area contributed by atoms with Crippen LogP contribution in [0.2, 0.25) is 0 Å². The summed E-state index contributed by atoms with van der Waals surface area (Å²) >= 11 is 0. The topological polar surface area (TPSA) is 61.4 Å². The summed E-state index contributed by atoms with van der Waals surface area (Å²) in [6.45, 7) is 5.05. The van der Waals surface area contributed by atoms with Gasteiger partial charge in [-0.1, -0.05) is 0 Å². The van der Waals surface area contributed by atoms with Crippen LogP contribution in [0.3, 0.4) is 0 Å². The van der Waals surface area contributed by atoms with Crippen LogP contribution in [-0.2, 0) is 4.79 Å². The van der Waals surface area contributed by atoms with Crippen molar-refractivity contribution in [3.63, 3.8) is 0 Å². The molecule has 1 aliphatic heterocycles. The highest BCUT2D eigenvalue weighted by molar-refractivity contribution is 5.79. The van der Waals surface area contributed by atoms with Gasteiger partial charge in [0.05, 0.1) is 12.0 Å². The molecule has 0 aliphatic carbocycles. The van der Waals surface area contributed by atoms with Crippen molar-refractivity contribution < 1.29 is 9.90 Å². The molecule has 14 heavy (non-hydrogen) atoms. The molecule has 1 fully saturated rings. The van der Waals surface area contributed by atoms with Crippen molar-refractivity contribution in [2.45, 2.75) is 38.8 Å². The van der Waals surface area contributed by atoms with Crippen molar-refractivity contribution in [3.8, 4) is 0 Å². The van der Waals surface area contributed by atoms with Gasteiger partial charge in [0.25, 0.3) is 0 Å². The van der Waals surface area contributed by atoms with E-state index in [1.54, 1.807) is 6.92 Å². The van der Waals surface area contributed by atoms with Gasteiger partial charge in [0.15, 0.2) is 0 Å². The van der Waals surface area contributed by atoms with Crippen LogP contribution in [-0.4, -0.2) is 36.2 Å². The number of hydrogen-bond acceptors (Lipinski definition) is 3. The molecule has 1 heterocycles. The Balaban J connectivity index is 2.34. The highest BCUT2D eigenvalue weighted by Gasteiger charge is 2.27. The molecule has 0 unspecified atom stereocenters. The van der Waals surface area contributed by atoms with Crippen LogP contribution in [0.4, 0.5) is 0 Å². The third-order valence-corrected chi connectivity index (χ3v) is 2.67. The van der Waals surface area contributed by atoms with E-state index in [-0.39, 0.29) is 17.9 Å². The second-order valence-corrected chi connectivity index (χ2v) is 4.09. The fraction of sp³-hybridized carbons (Fsp3) is 0.900. The third-order valence-electron chi connectivity index (χ3n) is 2.67. The van der Waals surface area contributed by atoms with Crippen LogP contribution >= 0.6 is 0 Å². The molecule has 0 bridgehead atoms. The molecule has 0 aromatic carbocycles. The van der Waals surface area contributed by atoms with Gasteiger partial charge >= 0.3 is 0 Å². The van der Waals surface area contributed by atoms with E-state index in [0.29, 0.717) is 6.54 Å². The van der Waals surface area contributed by atoms with E-state index < -0.39 is 6.10 Å². The molecular formula is C10H20N2O2. The lowest BCUT2D eigenvalue weighted by Gasteiger charge is -2.29. The molecular weight excluding hydrogens is 180 g/mol. The van der Waals surface area contributed by atoms with Crippen LogP contribution in [0, 0.1) is 5.92 Å². The number of hydrogen-bond donors (Lipinski definition) is 3. The van der Waals surface area contributed by atoms with Crippen molar-refractivity contribution in [2.75, 3.05) is 13.1 Å². The number of aliphatic hydroxyl groups excluding tert-OH is 1. The Morgan fingerprint density at radius 3 is 3.00 bits per heavy atom. The summed E-state index contributed by atoms with van der Waals surface area (Å²) in [5, 5.41) is 15.1. The highest BCUT2D eigenvalue weighted by atomic mass is 16.3. The van der Waals surface area contributed by atoms with E-state index in [0.717, 1.165) is 19.4 Å². The first-order chi connectivity index (χ1) is 6.61. The number of carbonyl (C=O) groups is 1. The summed E-state index contributed by atoms with van der Waals surface area (Å²) in [5.41, 5.74) is 0. The summed E-state index contributed by atoms with van der Waals surface area (Å²) in [6, 6.07) is 0.248. The second kappa shape index (κ2) is 5.32. The van der Waals surface area contributed by atoms with Crippen molar-refractivity contribution in [1.29, 1.82) is 0 Å². The smallest absolute Gasteiger partial charge is 0.224 e. The maximum atomic E-state index is 11.7. The van der Waals surface area contributed by atoms with Crippen molar-refractivity contribution >= 4 is 5.91 Å². The molecule has 1 amide bonds. The molecule has 0 radical (unpaired) electrons. The molecule has 1 rings (SSSR count). The van der Waals surface area contributed by atoms with E-state index in [2.05, 4.69) is 10.6 Å². The van der Waals surface area contributed by atoms with Gasteiger partial charge < -0.3 is 15.7 Å². The number of aliphatic hydroxyl groups is 1. The first kappa shape index (κ1) is 11.5. The zero-order chi connectivity index (χ0) is 10.6. The van der Waals surface area contributed by atoms with Crippen molar-refractivity contribution in [3.05, 3.63) is 0 Å². The molecule has 4 nitrogen and oxygen atoms in total. The molecule has 0 saturated carbocycles. The van der Waals surface area contributed by atoms with Crippen molar-refractivity contribution in [2.24, 2.45) is 5.92 Å². The lowest BCUT2D eigenvalue weighted by atomic mass is 9.91. The lowest BCUT2D eigenvalue weighted by Crippen LogP contribution is -2.47. The van der Waals surface area contributed by atoms with Gasteiger partial charge in [-0.2, -0.15) is 0 Å². The first-order valence-electron chi connectivity index (χ1n) is 5.30. The van der Waals surface area contributed by atoms with Gasteiger partial charge in [0.1, 0.15) is 0 Å². The lowest BCUT2D eigenvalue weighted by molar-refractivity contribution is -0.126. The van der Waals surface area contributed by atoms with E-state index in [1.807, 2.05) is 6.92 Å². The Kier molecular flexibility index (Phi) is 4.35. The van der Waals surface area contributed by atoms with E-state index in [1.165, 1.54) is 0 Å². The minimum Gasteiger partial charge on any atom is -0.392 e. The Morgan fingerprint density at radius 1 is 1.71 bits per heavy atom. The van der Waals surface area contributed by atoms with Gasteiger partial charge in [0.2, 0.25) is 5.91 Å². The summed E-state index contributed by atoms with van der Waals surface area (Å²) in [7, 11) is 0. The fourth-order valence-corrected chi connectivity index (χ4v) is 1.78.